The molecule has 0 aromatic heterocycles. The molecule has 0 spiro atoms. The molecule has 1 aromatic rings. The second kappa shape index (κ2) is 7.34. The summed E-state index contributed by atoms with van der Waals surface area (Å²) in [6, 6.07) is 6.33. The molecular formula is C15H20ClNO4S2. The molecule has 0 bridgehead atoms. The van der Waals surface area contributed by atoms with Crippen molar-refractivity contribution in [3.05, 3.63) is 40.3 Å². The minimum absolute atomic E-state index is 0.0499. The minimum Gasteiger partial charge on any atom is -0.229 e. The maximum atomic E-state index is 12.6. The Morgan fingerprint density at radius 1 is 1.30 bits per heavy atom. The molecule has 1 aliphatic heterocycles. The van der Waals surface area contributed by atoms with E-state index in [0.29, 0.717) is 30.0 Å². The quantitative estimate of drug-likeness (QED) is 0.763. The first-order valence-electron chi connectivity index (χ1n) is 7.39. The van der Waals surface area contributed by atoms with Crippen LogP contribution in [-0.2, 0) is 19.9 Å². The fourth-order valence-corrected chi connectivity index (χ4v) is 6.03. The number of rotatable bonds is 6. The molecule has 2 rings (SSSR count). The summed E-state index contributed by atoms with van der Waals surface area (Å²) in [6.45, 7) is 2.18. The molecule has 0 unspecified atom stereocenters. The largest absolute Gasteiger partial charge is 0.236 e. The zero-order chi connectivity index (χ0) is 17.1. The summed E-state index contributed by atoms with van der Waals surface area (Å²) in [7, 11) is -6.81. The van der Waals surface area contributed by atoms with E-state index in [2.05, 4.69) is 0 Å². The van der Waals surface area contributed by atoms with E-state index < -0.39 is 25.9 Å². The zero-order valence-electron chi connectivity index (χ0n) is 12.9. The van der Waals surface area contributed by atoms with Gasteiger partial charge in [0.25, 0.3) is 0 Å². The van der Waals surface area contributed by atoms with Gasteiger partial charge in [-0.1, -0.05) is 30.7 Å². The third-order valence-corrected chi connectivity index (χ3v) is 7.31. The summed E-state index contributed by atoms with van der Waals surface area (Å²) in [6.07, 6.45) is 2.48. The van der Waals surface area contributed by atoms with E-state index in [9.17, 15) is 16.8 Å². The van der Waals surface area contributed by atoms with Gasteiger partial charge in [0, 0.05) is 23.0 Å². The predicted octanol–water partition coefficient (Wildman–Crippen LogP) is 2.54. The average Bonchev–Trinajstić information content (AvgIpc) is 2.84. The van der Waals surface area contributed by atoms with E-state index in [1.807, 2.05) is 6.92 Å². The molecule has 0 aliphatic carbocycles. The minimum atomic E-state index is -3.67. The van der Waals surface area contributed by atoms with Crippen LogP contribution in [0.5, 0.6) is 0 Å². The molecule has 0 saturated carbocycles. The first kappa shape index (κ1) is 18.4. The van der Waals surface area contributed by atoms with Gasteiger partial charge in [-0.2, -0.15) is 4.31 Å². The monoisotopic (exact) mass is 377 g/mol. The first-order valence-corrected chi connectivity index (χ1v) is 11.1. The smallest absolute Gasteiger partial charge is 0.229 e. The molecule has 1 aromatic carbocycles. The van der Waals surface area contributed by atoms with Crippen LogP contribution in [0.15, 0.2) is 29.7 Å². The topological polar surface area (TPSA) is 71.5 Å². The molecule has 8 heteroatoms. The molecule has 1 aliphatic rings. The van der Waals surface area contributed by atoms with Gasteiger partial charge in [-0.25, -0.2) is 16.8 Å². The Hall–Kier alpha value is -0.890. The van der Waals surface area contributed by atoms with Gasteiger partial charge in [0.15, 0.2) is 9.84 Å². The van der Waals surface area contributed by atoms with Gasteiger partial charge in [0.05, 0.1) is 11.5 Å². The number of nitrogens with zero attached hydrogens (tertiary/aromatic N) is 1. The predicted molar refractivity (Wildman–Crippen MR) is 93.5 cm³/mol. The number of halogens is 1. The van der Waals surface area contributed by atoms with Crippen LogP contribution in [0.1, 0.15) is 25.3 Å². The Kier molecular flexibility index (Phi) is 5.89. The number of sulfonamides is 1. The van der Waals surface area contributed by atoms with Crippen molar-refractivity contribution < 1.29 is 16.8 Å². The van der Waals surface area contributed by atoms with E-state index in [0.717, 1.165) is 5.41 Å². The average molecular weight is 378 g/mol. The molecule has 0 radical (unpaired) electrons. The van der Waals surface area contributed by atoms with E-state index in [4.69, 9.17) is 11.6 Å². The molecule has 1 atom stereocenters. The maximum absolute atomic E-state index is 12.6. The normalized spacial score (nSPS) is 21.3. The Morgan fingerprint density at radius 3 is 2.48 bits per heavy atom. The van der Waals surface area contributed by atoms with Crippen LogP contribution in [0.3, 0.4) is 0 Å². The second-order valence-corrected chi connectivity index (χ2v) is 10.0. The lowest BCUT2D eigenvalue weighted by molar-refractivity contribution is 0.345. The van der Waals surface area contributed by atoms with Crippen LogP contribution in [0.4, 0.5) is 0 Å². The Labute approximate surface area is 142 Å². The van der Waals surface area contributed by atoms with Crippen LogP contribution >= 0.6 is 11.6 Å². The van der Waals surface area contributed by atoms with Gasteiger partial charge in [0.1, 0.15) is 0 Å². The molecule has 128 valence electrons. The molecule has 23 heavy (non-hydrogen) atoms. The third kappa shape index (κ3) is 5.04. The van der Waals surface area contributed by atoms with Gasteiger partial charge in [-0.05, 0) is 36.6 Å². The maximum Gasteiger partial charge on any atom is 0.236 e. The molecule has 1 heterocycles. The first-order chi connectivity index (χ1) is 10.7. The van der Waals surface area contributed by atoms with Crippen molar-refractivity contribution in [1.82, 2.24) is 4.31 Å². The van der Waals surface area contributed by atoms with Crippen LogP contribution in [0.25, 0.3) is 6.08 Å². The van der Waals surface area contributed by atoms with Crippen molar-refractivity contribution in [1.29, 1.82) is 0 Å². The van der Waals surface area contributed by atoms with Gasteiger partial charge >= 0.3 is 0 Å². The van der Waals surface area contributed by atoms with Crippen molar-refractivity contribution in [2.75, 3.05) is 18.1 Å². The molecule has 1 fully saturated rings. The lowest BCUT2D eigenvalue weighted by Gasteiger charge is -2.25. The lowest BCUT2D eigenvalue weighted by Crippen LogP contribution is -2.40. The molecule has 0 amide bonds. The molecular weight excluding hydrogens is 358 g/mol. The van der Waals surface area contributed by atoms with Crippen molar-refractivity contribution >= 4 is 37.5 Å². The summed E-state index contributed by atoms with van der Waals surface area (Å²) >= 11 is 5.80. The second-order valence-electron chi connectivity index (χ2n) is 5.57. The van der Waals surface area contributed by atoms with Crippen LogP contribution in [-0.4, -0.2) is 45.2 Å². The van der Waals surface area contributed by atoms with Crippen molar-refractivity contribution in [2.45, 2.75) is 25.8 Å². The van der Waals surface area contributed by atoms with Crippen LogP contribution in [0.2, 0.25) is 5.02 Å². The van der Waals surface area contributed by atoms with E-state index in [1.165, 1.54) is 10.4 Å². The Morgan fingerprint density at radius 2 is 1.96 bits per heavy atom. The van der Waals surface area contributed by atoms with E-state index >= 15 is 0 Å². The fraction of sp³-hybridized carbons (Fsp3) is 0.467. The Bertz CT molecular complexity index is 770. The number of hydrogen-bond acceptors (Lipinski definition) is 4. The summed E-state index contributed by atoms with van der Waals surface area (Å²) in [5.74, 6) is -0.0463. The number of sulfone groups is 1. The highest BCUT2D eigenvalue weighted by molar-refractivity contribution is 7.93. The van der Waals surface area contributed by atoms with E-state index in [-0.39, 0.29) is 11.5 Å². The highest BCUT2D eigenvalue weighted by atomic mass is 35.5. The van der Waals surface area contributed by atoms with E-state index in [1.54, 1.807) is 24.3 Å². The standard InChI is InChI=1S/C15H20ClNO4S2/c1-2-9-17(15-8-10-22(18,19)12-15)23(20,21)11-7-13-3-5-14(16)6-4-13/h3-7,11,15H,2,8-10,12H2,1H3/b11-7+/t15-/m0/s1. The van der Waals surface area contributed by atoms with Gasteiger partial charge in [-0.3, -0.25) is 0 Å². The van der Waals surface area contributed by atoms with Crippen molar-refractivity contribution in [3.8, 4) is 0 Å². The van der Waals surface area contributed by atoms with Crippen molar-refractivity contribution in [2.24, 2.45) is 0 Å². The molecule has 1 saturated heterocycles. The third-order valence-electron chi connectivity index (χ3n) is 3.69. The fourth-order valence-electron chi connectivity index (χ4n) is 2.56. The highest BCUT2D eigenvalue weighted by Gasteiger charge is 2.36. The Balaban J connectivity index is 2.21. The van der Waals surface area contributed by atoms with Gasteiger partial charge in [0.2, 0.25) is 10.0 Å². The summed E-state index contributed by atoms with van der Waals surface area (Å²) in [5, 5.41) is 1.71. The zero-order valence-corrected chi connectivity index (χ0v) is 15.2. The summed E-state index contributed by atoms with van der Waals surface area (Å²) in [4.78, 5) is 0. The molecule has 5 nitrogen and oxygen atoms in total. The van der Waals surface area contributed by atoms with Crippen LogP contribution in [0, 0.1) is 0 Å². The summed E-state index contributed by atoms with van der Waals surface area (Å²) < 4.78 is 49.7. The number of benzene rings is 1. The summed E-state index contributed by atoms with van der Waals surface area (Å²) in [5.41, 5.74) is 0.716. The number of hydrogen-bond donors (Lipinski definition) is 0. The lowest BCUT2D eigenvalue weighted by atomic mass is 10.2. The van der Waals surface area contributed by atoms with Crippen molar-refractivity contribution in [3.63, 3.8) is 0 Å². The van der Waals surface area contributed by atoms with Gasteiger partial charge < -0.3 is 0 Å². The SMILES string of the molecule is CCCN([C@H]1CCS(=O)(=O)C1)S(=O)(=O)/C=C/c1ccc(Cl)cc1. The molecule has 0 N–H and O–H groups in total. The van der Waals surface area contributed by atoms with Gasteiger partial charge in [-0.15, -0.1) is 0 Å². The van der Waals surface area contributed by atoms with Crippen LogP contribution < -0.4 is 0 Å². The highest BCUT2D eigenvalue weighted by Crippen LogP contribution is 2.22.